The number of benzene rings is 2. The molecule has 0 saturated heterocycles. The maximum atomic E-state index is 12.9. The minimum Gasteiger partial charge on any atom is -0.274 e. The fraction of sp³-hybridized carbons (Fsp3) is 0.0435. The average molecular weight is 381 g/mol. The molecule has 29 heavy (non-hydrogen) atoms. The molecule has 0 aliphatic heterocycles. The van der Waals surface area contributed by atoms with Crippen LogP contribution in [0.1, 0.15) is 21.5 Å². The molecule has 2 aromatic carbocycles. The molecule has 0 spiro atoms. The number of carbonyl (C=O) groups is 1. The topological polar surface area (TPSA) is 72.2 Å². The molecular formula is C23H19N5O. The van der Waals surface area contributed by atoms with Crippen molar-refractivity contribution in [3.8, 4) is 11.3 Å². The largest absolute Gasteiger partial charge is 0.275 e. The molecule has 0 atom stereocenters. The third kappa shape index (κ3) is 4.11. The summed E-state index contributed by atoms with van der Waals surface area (Å²) in [6, 6.07) is 23.2. The van der Waals surface area contributed by atoms with E-state index in [2.05, 4.69) is 20.6 Å². The second-order valence-corrected chi connectivity index (χ2v) is 6.44. The summed E-state index contributed by atoms with van der Waals surface area (Å²) >= 11 is 0. The first-order valence-corrected chi connectivity index (χ1v) is 9.15. The van der Waals surface area contributed by atoms with Crippen molar-refractivity contribution < 1.29 is 4.79 Å². The van der Waals surface area contributed by atoms with Crippen molar-refractivity contribution in [2.75, 3.05) is 0 Å². The van der Waals surface area contributed by atoms with Crippen LogP contribution in [0.4, 0.5) is 0 Å². The number of nitrogens with zero attached hydrogens (tertiary/aromatic N) is 4. The normalized spacial score (nSPS) is 10.4. The van der Waals surface area contributed by atoms with Gasteiger partial charge in [0.15, 0.2) is 0 Å². The lowest BCUT2D eigenvalue weighted by atomic mass is 10.0. The van der Waals surface area contributed by atoms with E-state index >= 15 is 0 Å². The number of aromatic nitrogens is 3. The Morgan fingerprint density at radius 3 is 2.17 bits per heavy atom. The van der Waals surface area contributed by atoms with Crippen LogP contribution in [0.2, 0.25) is 0 Å². The number of rotatable bonds is 5. The van der Waals surface area contributed by atoms with Crippen molar-refractivity contribution in [3.05, 3.63) is 108 Å². The number of carbonyl (C=O) groups excluding carboxylic acids is 1. The van der Waals surface area contributed by atoms with Crippen molar-refractivity contribution >= 4 is 11.6 Å². The van der Waals surface area contributed by atoms with Crippen molar-refractivity contribution in [1.29, 1.82) is 0 Å². The summed E-state index contributed by atoms with van der Waals surface area (Å²) in [4.78, 5) is 17.0. The minimum absolute atomic E-state index is 0.332. The van der Waals surface area contributed by atoms with Crippen LogP contribution in [0.25, 0.3) is 11.3 Å². The molecule has 0 unspecified atom stereocenters. The van der Waals surface area contributed by atoms with E-state index < -0.39 is 0 Å². The summed E-state index contributed by atoms with van der Waals surface area (Å²) in [6.07, 6.45) is 5.04. The third-order valence-electron chi connectivity index (χ3n) is 4.37. The van der Waals surface area contributed by atoms with Crippen molar-refractivity contribution in [2.45, 2.75) is 0 Å². The van der Waals surface area contributed by atoms with Gasteiger partial charge in [0, 0.05) is 42.3 Å². The number of nitrogens with one attached hydrogen (secondary N) is 1. The lowest BCUT2D eigenvalue weighted by molar-refractivity contribution is 0.0955. The highest BCUT2D eigenvalue weighted by molar-refractivity contribution is 6.13. The van der Waals surface area contributed by atoms with Gasteiger partial charge in [-0.2, -0.15) is 10.2 Å². The first kappa shape index (κ1) is 18.3. The van der Waals surface area contributed by atoms with Crippen LogP contribution in [-0.4, -0.2) is 26.4 Å². The molecule has 6 nitrogen and oxygen atoms in total. The molecule has 0 radical (unpaired) electrons. The van der Waals surface area contributed by atoms with Crippen LogP contribution in [0.3, 0.4) is 0 Å². The van der Waals surface area contributed by atoms with E-state index in [-0.39, 0.29) is 5.91 Å². The van der Waals surface area contributed by atoms with Crippen LogP contribution in [0.15, 0.2) is 96.5 Å². The van der Waals surface area contributed by atoms with Gasteiger partial charge in [-0.3, -0.25) is 14.5 Å². The maximum absolute atomic E-state index is 12.9. The summed E-state index contributed by atoms with van der Waals surface area (Å²) in [5.74, 6) is -0.332. The summed E-state index contributed by atoms with van der Waals surface area (Å²) < 4.78 is 1.61. The van der Waals surface area contributed by atoms with Gasteiger partial charge >= 0.3 is 0 Å². The Labute approximate surface area is 168 Å². The number of aryl methyl sites for hydroxylation is 1. The van der Waals surface area contributed by atoms with Gasteiger partial charge in [0.25, 0.3) is 5.91 Å². The van der Waals surface area contributed by atoms with Gasteiger partial charge < -0.3 is 0 Å². The zero-order valence-electron chi connectivity index (χ0n) is 15.9. The molecular weight excluding hydrogens is 362 g/mol. The van der Waals surface area contributed by atoms with Gasteiger partial charge in [0.2, 0.25) is 0 Å². The molecule has 6 heteroatoms. The number of pyridine rings is 1. The molecule has 2 aromatic heterocycles. The fourth-order valence-electron chi connectivity index (χ4n) is 3.03. The van der Waals surface area contributed by atoms with Crippen molar-refractivity contribution in [3.63, 3.8) is 0 Å². The van der Waals surface area contributed by atoms with Gasteiger partial charge in [-0.1, -0.05) is 60.7 Å². The second-order valence-electron chi connectivity index (χ2n) is 6.44. The smallest absolute Gasteiger partial charge is 0.274 e. The Bertz CT molecular complexity index is 1090. The van der Waals surface area contributed by atoms with E-state index in [4.69, 9.17) is 0 Å². The molecule has 0 bridgehead atoms. The lowest BCUT2D eigenvalue weighted by Gasteiger charge is -2.08. The fourth-order valence-corrected chi connectivity index (χ4v) is 3.03. The van der Waals surface area contributed by atoms with E-state index in [0.29, 0.717) is 17.0 Å². The summed E-state index contributed by atoms with van der Waals surface area (Å²) in [5.41, 5.74) is 6.98. The molecule has 0 aliphatic carbocycles. The zero-order chi connectivity index (χ0) is 20.1. The molecule has 0 aliphatic rings. The Morgan fingerprint density at radius 2 is 1.59 bits per heavy atom. The number of hydrazone groups is 1. The highest BCUT2D eigenvalue weighted by atomic mass is 16.2. The Hall–Kier alpha value is -4.06. The summed E-state index contributed by atoms with van der Waals surface area (Å²) in [6.45, 7) is 0. The zero-order valence-corrected chi connectivity index (χ0v) is 15.9. The summed E-state index contributed by atoms with van der Waals surface area (Å²) in [5, 5.41) is 8.86. The minimum atomic E-state index is -0.332. The monoisotopic (exact) mass is 381 g/mol. The summed E-state index contributed by atoms with van der Waals surface area (Å²) in [7, 11) is 1.78. The first-order valence-electron chi connectivity index (χ1n) is 9.15. The van der Waals surface area contributed by atoms with E-state index in [1.807, 2.05) is 72.8 Å². The average Bonchev–Trinajstić information content (AvgIpc) is 3.18. The second kappa shape index (κ2) is 8.31. The van der Waals surface area contributed by atoms with E-state index in [1.165, 1.54) is 0 Å². The van der Waals surface area contributed by atoms with Crippen LogP contribution in [0, 0.1) is 0 Å². The van der Waals surface area contributed by atoms with Crippen LogP contribution < -0.4 is 5.43 Å². The molecule has 1 N–H and O–H groups in total. The SMILES string of the molecule is Cn1cc(C(=O)NN=C(c2ccccc2)c2ccccc2)c(-c2cccnc2)n1. The Balaban J connectivity index is 1.68. The molecule has 142 valence electrons. The molecule has 1 amide bonds. The third-order valence-corrected chi connectivity index (χ3v) is 4.37. The predicted octanol–water partition coefficient (Wildman–Crippen LogP) is 3.66. The maximum Gasteiger partial charge on any atom is 0.275 e. The Morgan fingerprint density at radius 1 is 0.931 bits per heavy atom. The van der Waals surface area contributed by atoms with Gasteiger partial charge in [0.05, 0.1) is 11.3 Å². The first-order chi connectivity index (χ1) is 14.2. The lowest BCUT2D eigenvalue weighted by Crippen LogP contribution is -2.21. The van der Waals surface area contributed by atoms with E-state index in [9.17, 15) is 4.79 Å². The van der Waals surface area contributed by atoms with E-state index in [1.54, 1.807) is 30.3 Å². The van der Waals surface area contributed by atoms with Crippen LogP contribution in [0.5, 0.6) is 0 Å². The molecule has 4 rings (SSSR count). The number of hydrogen-bond donors (Lipinski definition) is 1. The highest BCUT2D eigenvalue weighted by Gasteiger charge is 2.17. The molecule has 0 fully saturated rings. The number of hydrogen-bond acceptors (Lipinski definition) is 4. The Kier molecular flexibility index (Phi) is 5.25. The van der Waals surface area contributed by atoms with Crippen molar-refractivity contribution in [2.24, 2.45) is 12.1 Å². The number of amides is 1. The standard InChI is InChI=1S/C23H19N5O/c1-28-16-20(22(27-28)19-13-8-14-24-15-19)23(29)26-25-21(17-9-4-2-5-10-17)18-11-6-3-7-12-18/h2-16H,1H3,(H,26,29). The van der Waals surface area contributed by atoms with Crippen molar-refractivity contribution in [1.82, 2.24) is 20.2 Å². The van der Waals surface area contributed by atoms with Gasteiger partial charge in [-0.05, 0) is 12.1 Å². The predicted molar refractivity (Wildman–Crippen MR) is 112 cm³/mol. The molecule has 4 aromatic rings. The van der Waals surface area contributed by atoms with E-state index in [0.717, 1.165) is 16.7 Å². The molecule has 0 saturated carbocycles. The molecule has 2 heterocycles. The van der Waals surface area contributed by atoms with Gasteiger partial charge in [-0.25, -0.2) is 5.43 Å². The van der Waals surface area contributed by atoms with Gasteiger partial charge in [-0.15, -0.1) is 0 Å². The quantitative estimate of drug-likeness (QED) is 0.424. The van der Waals surface area contributed by atoms with Crippen LogP contribution in [-0.2, 0) is 7.05 Å². The van der Waals surface area contributed by atoms with Crippen LogP contribution >= 0.6 is 0 Å². The highest BCUT2D eigenvalue weighted by Crippen LogP contribution is 2.21. The van der Waals surface area contributed by atoms with Gasteiger partial charge in [0.1, 0.15) is 5.69 Å².